The summed E-state index contributed by atoms with van der Waals surface area (Å²) in [5.41, 5.74) is 5.48. The Morgan fingerprint density at radius 1 is 0.659 bits per heavy atom. The highest BCUT2D eigenvalue weighted by Crippen LogP contribution is 2.33. The minimum Gasteiger partial charge on any atom is -0.504 e. The molecule has 0 amide bonds. The Morgan fingerprint density at radius 3 is 1.52 bits per heavy atom. The lowest BCUT2D eigenvalue weighted by atomic mass is 9.96. The standard InChI is InChI=1S/C20H23NO3.C16H17NO3/c1-14-11-17(22)12-15(2)21(14)10-9-16-7-8-19(23-3)20(13-16)24-18-5-4-6-18;1-11-8-14(18)9-12(2)17(11)7-6-13-4-5-16(20-3)15(19)10-13/h7-13,18H,4-6H2,1-3H3;4-10,19H,1-3H3/b10-9+;7-6+. The number of aryl methyl sites for hydroxylation is 4. The van der Waals surface area contributed by atoms with Crippen LogP contribution in [-0.4, -0.2) is 34.6 Å². The van der Waals surface area contributed by atoms with E-state index in [1.807, 2.05) is 85.6 Å². The van der Waals surface area contributed by atoms with Gasteiger partial charge in [0.1, 0.15) is 0 Å². The van der Waals surface area contributed by atoms with Gasteiger partial charge in [-0.15, -0.1) is 0 Å². The Labute approximate surface area is 258 Å². The van der Waals surface area contributed by atoms with E-state index >= 15 is 0 Å². The summed E-state index contributed by atoms with van der Waals surface area (Å²) in [6, 6.07) is 17.6. The van der Waals surface area contributed by atoms with Crippen LogP contribution in [0.1, 0.15) is 53.2 Å². The summed E-state index contributed by atoms with van der Waals surface area (Å²) in [5, 5.41) is 9.73. The summed E-state index contributed by atoms with van der Waals surface area (Å²) >= 11 is 0. The molecule has 2 heterocycles. The number of methoxy groups -OCH3 is 2. The predicted molar refractivity (Wildman–Crippen MR) is 177 cm³/mol. The Balaban J connectivity index is 0.000000204. The van der Waals surface area contributed by atoms with Gasteiger partial charge in [-0.2, -0.15) is 0 Å². The molecule has 1 fully saturated rings. The first-order valence-electron chi connectivity index (χ1n) is 14.6. The van der Waals surface area contributed by atoms with Gasteiger partial charge in [0, 0.05) is 59.4 Å². The van der Waals surface area contributed by atoms with Crippen molar-refractivity contribution in [1.29, 1.82) is 0 Å². The van der Waals surface area contributed by atoms with Gasteiger partial charge in [0.05, 0.1) is 20.3 Å². The third-order valence-corrected chi connectivity index (χ3v) is 7.49. The Morgan fingerprint density at radius 2 is 1.11 bits per heavy atom. The summed E-state index contributed by atoms with van der Waals surface area (Å²) in [6.07, 6.45) is 11.5. The molecule has 0 saturated heterocycles. The average Bonchev–Trinajstić information content (AvgIpc) is 2.94. The maximum Gasteiger partial charge on any atom is 0.182 e. The van der Waals surface area contributed by atoms with Gasteiger partial charge in [-0.3, -0.25) is 9.59 Å². The summed E-state index contributed by atoms with van der Waals surface area (Å²) in [6.45, 7) is 7.62. The number of aromatic nitrogens is 2. The van der Waals surface area contributed by atoms with Gasteiger partial charge in [0.15, 0.2) is 33.9 Å². The van der Waals surface area contributed by atoms with Crippen LogP contribution >= 0.6 is 0 Å². The molecule has 8 nitrogen and oxygen atoms in total. The van der Waals surface area contributed by atoms with Crippen LogP contribution in [0, 0.1) is 27.7 Å². The molecule has 2 aromatic carbocycles. The molecular weight excluding hydrogens is 556 g/mol. The van der Waals surface area contributed by atoms with E-state index in [0.29, 0.717) is 11.9 Å². The molecule has 230 valence electrons. The zero-order chi connectivity index (χ0) is 31.8. The lowest BCUT2D eigenvalue weighted by molar-refractivity contribution is 0.116. The highest BCUT2D eigenvalue weighted by molar-refractivity contribution is 5.65. The van der Waals surface area contributed by atoms with E-state index in [1.54, 1.807) is 43.5 Å². The second-order valence-electron chi connectivity index (χ2n) is 10.8. The second-order valence-corrected chi connectivity index (χ2v) is 10.8. The molecule has 1 N–H and O–H groups in total. The molecule has 0 radical (unpaired) electrons. The van der Waals surface area contributed by atoms with Crippen molar-refractivity contribution in [2.24, 2.45) is 0 Å². The number of phenolic OH excluding ortho intramolecular Hbond substituents is 1. The number of nitrogens with zero attached hydrogens (tertiary/aromatic N) is 2. The fourth-order valence-corrected chi connectivity index (χ4v) is 4.90. The number of rotatable bonds is 8. The van der Waals surface area contributed by atoms with Crippen molar-refractivity contribution < 1.29 is 19.3 Å². The van der Waals surface area contributed by atoms with E-state index in [4.69, 9.17) is 14.2 Å². The molecule has 5 rings (SSSR count). The third kappa shape index (κ3) is 8.10. The van der Waals surface area contributed by atoms with E-state index in [9.17, 15) is 14.7 Å². The van der Waals surface area contributed by atoms with Crippen LogP contribution in [0.25, 0.3) is 24.6 Å². The third-order valence-electron chi connectivity index (χ3n) is 7.49. The fraction of sp³-hybridized carbons (Fsp3) is 0.278. The highest BCUT2D eigenvalue weighted by Gasteiger charge is 2.20. The van der Waals surface area contributed by atoms with E-state index in [1.165, 1.54) is 13.5 Å². The van der Waals surface area contributed by atoms with Crippen LogP contribution in [0.2, 0.25) is 0 Å². The minimum atomic E-state index is 0.00624. The fourth-order valence-electron chi connectivity index (χ4n) is 4.90. The monoisotopic (exact) mass is 596 g/mol. The first-order chi connectivity index (χ1) is 21.1. The van der Waals surface area contributed by atoms with Gasteiger partial charge in [0.2, 0.25) is 0 Å². The van der Waals surface area contributed by atoms with Crippen LogP contribution in [-0.2, 0) is 0 Å². The Hall–Kier alpha value is -4.98. The second kappa shape index (κ2) is 14.5. The molecule has 1 aliphatic carbocycles. The van der Waals surface area contributed by atoms with Gasteiger partial charge in [-0.25, -0.2) is 0 Å². The molecule has 1 aliphatic rings. The quantitative estimate of drug-likeness (QED) is 0.240. The summed E-state index contributed by atoms with van der Waals surface area (Å²) in [5.74, 6) is 2.09. The molecule has 0 aliphatic heterocycles. The van der Waals surface area contributed by atoms with Crippen LogP contribution in [0.15, 0.2) is 70.3 Å². The lowest BCUT2D eigenvalue weighted by Crippen LogP contribution is -2.24. The van der Waals surface area contributed by atoms with Crippen molar-refractivity contribution >= 4 is 24.6 Å². The lowest BCUT2D eigenvalue weighted by Gasteiger charge is -2.27. The molecule has 0 unspecified atom stereocenters. The Kier molecular flexibility index (Phi) is 10.5. The molecule has 8 heteroatoms. The summed E-state index contributed by atoms with van der Waals surface area (Å²) < 4.78 is 20.3. The summed E-state index contributed by atoms with van der Waals surface area (Å²) in [7, 11) is 3.17. The van der Waals surface area contributed by atoms with Crippen LogP contribution in [0.5, 0.6) is 23.0 Å². The van der Waals surface area contributed by atoms with Crippen molar-refractivity contribution in [3.8, 4) is 23.0 Å². The highest BCUT2D eigenvalue weighted by atomic mass is 16.5. The smallest absolute Gasteiger partial charge is 0.182 e. The van der Waals surface area contributed by atoms with Gasteiger partial charge >= 0.3 is 0 Å². The Bertz CT molecular complexity index is 1740. The number of benzene rings is 2. The number of hydrogen-bond acceptors (Lipinski definition) is 6. The van der Waals surface area contributed by atoms with Crippen molar-refractivity contribution in [3.05, 3.63) is 115 Å². The van der Waals surface area contributed by atoms with E-state index in [0.717, 1.165) is 58.2 Å². The number of aromatic hydroxyl groups is 1. The molecule has 0 atom stereocenters. The maximum absolute atomic E-state index is 11.5. The number of pyridine rings is 2. The first-order valence-corrected chi connectivity index (χ1v) is 14.6. The average molecular weight is 597 g/mol. The van der Waals surface area contributed by atoms with Gasteiger partial charge in [-0.05, 0) is 94.5 Å². The topological polar surface area (TPSA) is 91.9 Å². The molecule has 2 aromatic heterocycles. The van der Waals surface area contributed by atoms with Gasteiger partial charge < -0.3 is 28.5 Å². The van der Waals surface area contributed by atoms with E-state index < -0.39 is 0 Å². The maximum atomic E-state index is 11.5. The van der Waals surface area contributed by atoms with Gasteiger partial charge in [0.25, 0.3) is 0 Å². The largest absolute Gasteiger partial charge is 0.504 e. The van der Waals surface area contributed by atoms with Crippen LogP contribution in [0.4, 0.5) is 0 Å². The number of hydrogen-bond donors (Lipinski definition) is 1. The molecule has 4 aromatic rings. The molecule has 0 spiro atoms. The van der Waals surface area contributed by atoms with Gasteiger partial charge in [-0.1, -0.05) is 12.1 Å². The first kappa shape index (κ1) is 31.9. The molecular formula is C36H40N2O6. The van der Waals surface area contributed by atoms with Crippen LogP contribution in [0.3, 0.4) is 0 Å². The SMILES string of the molecule is COc1ccc(/C=C/n2c(C)cc(=O)cc2C)cc1O.COc1ccc(/C=C/n2c(C)cc(=O)cc2C)cc1OC1CCC1. The zero-order valence-corrected chi connectivity index (χ0v) is 26.2. The van der Waals surface area contributed by atoms with Crippen molar-refractivity contribution in [2.75, 3.05) is 14.2 Å². The zero-order valence-electron chi connectivity index (χ0n) is 26.2. The predicted octanol–water partition coefficient (Wildman–Crippen LogP) is 6.84. The normalized spacial score (nSPS) is 13.0. The van der Waals surface area contributed by atoms with Crippen molar-refractivity contribution in [3.63, 3.8) is 0 Å². The van der Waals surface area contributed by atoms with Crippen molar-refractivity contribution in [2.45, 2.75) is 53.1 Å². The van der Waals surface area contributed by atoms with E-state index in [2.05, 4.69) is 0 Å². The summed E-state index contributed by atoms with van der Waals surface area (Å²) in [4.78, 5) is 22.9. The molecule has 1 saturated carbocycles. The van der Waals surface area contributed by atoms with Crippen molar-refractivity contribution in [1.82, 2.24) is 9.13 Å². The number of ether oxygens (including phenoxy) is 3. The molecule has 44 heavy (non-hydrogen) atoms. The van der Waals surface area contributed by atoms with E-state index in [-0.39, 0.29) is 16.6 Å². The minimum absolute atomic E-state index is 0.00624. The number of phenols is 1. The van der Waals surface area contributed by atoms with Crippen LogP contribution < -0.4 is 25.1 Å². The molecule has 0 bridgehead atoms.